The van der Waals surface area contributed by atoms with Crippen LogP contribution in [0.5, 0.6) is 0 Å². The van der Waals surface area contributed by atoms with E-state index in [0.717, 1.165) is 11.3 Å². The van der Waals surface area contributed by atoms with Crippen molar-refractivity contribution in [1.29, 1.82) is 0 Å². The largest absolute Gasteiger partial charge is 0.379 e. The molecule has 2 atom stereocenters. The number of hydrogen-bond acceptors (Lipinski definition) is 6. The number of anilines is 3. The molecule has 3 heterocycles. The number of methoxy groups -OCH3 is 1. The minimum Gasteiger partial charge on any atom is -0.379 e. The van der Waals surface area contributed by atoms with Crippen molar-refractivity contribution < 1.29 is 18.3 Å². The second-order valence-electron chi connectivity index (χ2n) is 8.53. The van der Waals surface area contributed by atoms with Gasteiger partial charge in [-0.1, -0.05) is 0 Å². The number of amides is 1. The Morgan fingerprint density at radius 3 is 2.84 bits per heavy atom. The van der Waals surface area contributed by atoms with Gasteiger partial charge < -0.3 is 20.3 Å². The van der Waals surface area contributed by atoms with Gasteiger partial charge in [-0.2, -0.15) is 5.10 Å². The number of carbonyl (C=O) groups excluding carboxylic acids is 1. The fourth-order valence-electron chi connectivity index (χ4n) is 4.33. The van der Waals surface area contributed by atoms with Crippen molar-refractivity contribution in [1.82, 2.24) is 14.8 Å². The molecular weight excluding hydrogens is 406 g/mol. The van der Waals surface area contributed by atoms with Crippen LogP contribution in [0.2, 0.25) is 0 Å². The molecule has 4 rings (SSSR count). The number of aryl methyl sites for hydroxylation is 1. The minimum atomic E-state index is -2.51. The van der Waals surface area contributed by atoms with Crippen molar-refractivity contribution in [3.8, 4) is 0 Å². The van der Waals surface area contributed by atoms with Crippen molar-refractivity contribution in [2.45, 2.75) is 57.8 Å². The first-order valence-electron chi connectivity index (χ1n) is 10.4. The Morgan fingerprint density at radius 1 is 1.42 bits per heavy atom. The first-order valence-corrected chi connectivity index (χ1v) is 10.4. The summed E-state index contributed by atoms with van der Waals surface area (Å²) in [7, 11) is 3.46. The zero-order valence-corrected chi connectivity index (χ0v) is 18.2. The van der Waals surface area contributed by atoms with E-state index in [1.54, 1.807) is 18.0 Å². The Hall–Kier alpha value is -2.75. The van der Waals surface area contributed by atoms with Gasteiger partial charge >= 0.3 is 0 Å². The number of likely N-dealkylation sites (N-methyl/N-ethyl adjacent to an activating group) is 1. The lowest BCUT2D eigenvalue weighted by Crippen LogP contribution is -2.52. The lowest BCUT2D eigenvalue weighted by Gasteiger charge is -2.38. The monoisotopic (exact) mass is 434 g/mol. The van der Waals surface area contributed by atoms with Gasteiger partial charge in [0.15, 0.2) is 0 Å². The van der Waals surface area contributed by atoms with E-state index in [9.17, 15) is 13.6 Å². The van der Waals surface area contributed by atoms with Crippen LogP contribution >= 0.6 is 0 Å². The molecule has 0 bridgehead atoms. The number of nitrogens with one attached hydrogen (secondary N) is 2. The summed E-state index contributed by atoms with van der Waals surface area (Å²) in [5.41, 5.74) is 3.22. The normalized spacial score (nSPS) is 21.3. The number of ether oxygens (including phenoxy) is 1. The summed E-state index contributed by atoms with van der Waals surface area (Å²) in [6, 6.07) is 1.46. The average Bonchev–Trinajstić information content (AvgIpc) is 3.13. The maximum Gasteiger partial charge on any atom is 0.249 e. The summed E-state index contributed by atoms with van der Waals surface area (Å²) in [5.74, 6) is -1.97. The zero-order valence-electron chi connectivity index (χ0n) is 18.2. The number of pyridine rings is 1. The summed E-state index contributed by atoms with van der Waals surface area (Å²) in [6.45, 7) is 4.72. The molecule has 31 heavy (non-hydrogen) atoms. The zero-order chi connectivity index (χ0) is 22.3. The van der Waals surface area contributed by atoms with Gasteiger partial charge in [0.2, 0.25) is 11.8 Å². The number of fused-ring (bicyclic) bond motifs is 1. The number of nitrogens with zero attached hydrogens (tertiary/aromatic N) is 4. The van der Waals surface area contributed by atoms with E-state index in [1.807, 2.05) is 38.1 Å². The van der Waals surface area contributed by atoms with Gasteiger partial charge in [0.1, 0.15) is 11.9 Å². The Bertz CT molecular complexity index is 971. The Labute approximate surface area is 180 Å². The maximum atomic E-state index is 13.0. The van der Waals surface area contributed by atoms with Crippen molar-refractivity contribution in [2.75, 3.05) is 29.7 Å². The van der Waals surface area contributed by atoms with Crippen LogP contribution in [-0.4, -0.2) is 52.9 Å². The summed E-state index contributed by atoms with van der Waals surface area (Å²) in [5, 5.41) is 10.5. The highest BCUT2D eigenvalue weighted by atomic mass is 19.3. The molecule has 10 heteroatoms. The van der Waals surface area contributed by atoms with Crippen LogP contribution in [-0.2, 0) is 22.6 Å². The third-order valence-electron chi connectivity index (χ3n) is 6.09. The van der Waals surface area contributed by atoms with E-state index < -0.39 is 12.0 Å². The molecule has 2 aromatic rings. The Kier molecular flexibility index (Phi) is 5.59. The predicted octanol–water partition coefficient (Wildman–Crippen LogP) is 3.04. The fraction of sp³-hybridized carbons (Fsp3) is 0.571. The van der Waals surface area contributed by atoms with Crippen LogP contribution in [0.1, 0.15) is 31.0 Å². The molecule has 1 aliphatic heterocycles. The van der Waals surface area contributed by atoms with Crippen LogP contribution in [0.25, 0.3) is 0 Å². The van der Waals surface area contributed by atoms with Crippen molar-refractivity contribution >= 4 is 23.1 Å². The molecular formula is C21H28F2N6O2. The van der Waals surface area contributed by atoms with Gasteiger partial charge in [-0.3, -0.25) is 9.48 Å². The van der Waals surface area contributed by atoms with E-state index in [0.29, 0.717) is 30.3 Å². The number of halogens is 2. The van der Waals surface area contributed by atoms with Crippen LogP contribution < -0.4 is 15.5 Å². The molecule has 2 N–H and O–H groups in total. The van der Waals surface area contributed by atoms with Gasteiger partial charge in [-0.15, -0.1) is 0 Å². The Morgan fingerprint density at radius 2 is 2.16 bits per heavy atom. The smallest absolute Gasteiger partial charge is 0.249 e. The van der Waals surface area contributed by atoms with Crippen molar-refractivity contribution in [3.63, 3.8) is 0 Å². The highest BCUT2D eigenvalue weighted by Crippen LogP contribution is 2.43. The SMILES string of the molecule is CO[C@H](C)[C@H]1C(=O)Nc2c(cc(NCc3cnn(CC4CC(F)(F)C4)c3)nc2C)N1C. The molecule has 2 aromatic heterocycles. The average molecular weight is 434 g/mol. The van der Waals surface area contributed by atoms with Crippen molar-refractivity contribution in [3.05, 3.63) is 29.7 Å². The summed E-state index contributed by atoms with van der Waals surface area (Å²) in [4.78, 5) is 19.0. The van der Waals surface area contributed by atoms with Crippen LogP contribution in [0.4, 0.5) is 26.0 Å². The molecule has 0 spiro atoms. The lowest BCUT2D eigenvalue weighted by molar-refractivity contribution is -0.120. The fourth-order valence-corrected chi connectivity index (χ4v) is 4.33. The van der Waals surface area contributed by atoms with E-state index >= 15 is 0 Å². The van der Waals surface area contributed by atoms with E-state index in [2.05, 4.69) is 20.7 Å². The van der Waals surface area contributed by atoms with Gasteiger partial charge in [0.05, 0.1) is 29.4 Å². The molecule has 8 nitrogen and oxygen atoms in total. The van der Waals surface area contributed by atoms with Crippen LogP contribution in [0.3, 0.4) is 0 Å². The number of rotatable bonds is 7. The molecule has 0 saturated heterocycles. The van der Waals surface area contributed by atoms with Crippen LogP contribution in [0, 0.1) is 12.8 Å². The quantitative estimate of drug-likeness (QED) is 0.697. The van der Waals surface area contributed by atoms with E-state index in [1.165, 1.54) is 0 Å². The number of alkyl halides is 2. The Balaban J connectivity index is 1.43. The van der Waals surface area contributed by atoms with Gasteiger partial charge in [-0.05, 0) is 19.8 Å². The highest BCUT2D eigenvalue weighted by molar-refractivity contribution is 6.04. The topological polar surface area (TPSA) is 84.3 Å². The van der Waals surface area contributed by atoms with Crippen LogP contribution in [0.15, 0.2) is 18.5 Å². The van der Waals surface area contributed by atoms with Gasteiger partial charge in [0.25, 0.3) is 0 Å². The predicted molar refractivity (Wildman–Crippen MR) is 113 cm³/mol. The molecule has 1 amide bonds. The molecule has 1 fully saturated rings. The maximum absolute atomic E-state index is 13.0. The minimum absolute atomic E-state index is 0.0196. The van der Waals surface area contributed by atoms with Gasteiger partial charge in [0, 0.05) is 57.9 Å². The van der Waals surface area contributed by atoms with Gasteiger partial charge in [-0.25, -0.2) is 13.8 Å². The number of hydrogen-bond donors (Lipinski definition) is 2. The third kappa shape index (κ3) is 4.34. The molecule has 1 saturated carbocycles. The summed E-state index contributed by atoms with van der Waals surface area (Å²) >= 11 is 0. The molecule has 1 aliphatic carbocycles. The second kappa shape index (κ2) is 8.07. The van der Waals surface area contributed by atoms with E-state index in [-0.39, 0.29) is 30.8 Å². The molecule has 168 valence electrons. The second-order valence-corrected chi connectivity index (χ2v) is 8.53. The summed E-state index contributed by atoms with van der Waals surface area (Å²) < 4.78 is 33.1. The number of carbonyl (C=O) groups is 1. The van der Waals surface area contributed by atoms with Crippen molar-refractivity contribution in [2.24, 2.45) is 5.92 Å². The molecule has 0 unspecified atom stereocenters. The van der Waals surface area contributed by atoms with E-state index in [4.69, 9.17) is 4.74 Å². The molecule has 2 aliphatic rings. The third-order valence-corrected chi connectivity index (χ3v) is 6.09. The highest BCUT2D eigenvalue weighted by Gasteiger charge is 2.45. The first kappa shape index (κ1) is 21.5. The number of aromatic nitrogens is 3. The molecule has 0 radical (unpaired) electrons. The lowest BCUT2D eigenvalue weighted by atomic mass is 9.81. The standard InChI is InChI=1S/C21H28F2N6O2/c1-12-18-16(28(3)19(13(2)31-4)20(30)27-18)5-17(26-12)24-8-15-9-25-29(11-15)10-14-6-21(22,23)7-14/h5,9,11,13-14,19H,6-8,10H2,1-4H3,(H,24,26)(H,27,30)/t13-,19+/m1/s1. The first-order chi connectivity index (χ1) is 14.7. The summed E-state index contributed by atoms with van der Waals surface area (Å²) in [6.07, 6.45) is 3.20. The molecule has 0 aromatic carbocycles.